The molecular formula is C10H8ClNO3S. The van der Waals surface area contributed by atoms with Gasteiger partial charge in [-0.15, -0.1) is 11.3 Å². The number of ether oxygens (including phenoxy) is 1. The van der Waals surface area contributed by atoms with Crippen molar-refractivity contribution in [3.05, 3.63) is 32.4 Å². The summed E-state index contributed by atoms with van der Waals surface area (Å²) in [6.07, 6.45) is 0. The Bertz CT molecular complexity index is 602. The van der Waals surface area contributed by atoms with Gasteiger partial charge in [0.05, 0.1) is 21.8 Å². The van der Waals surface area contributed by atoms with E-state index in [0.29, 0.717) is 10.2 Å². The SMILES string of the molecule is CCOC(=O)c1c(Cl)c2sccc2[nH]c1=O. The molecule has 0 aliphatic carbocycles. The van der Waals surface area contributed by atoms with Gasteiger partial charge in [0.1, 0.15) is 5.56 Å². The molecule has 0 spiro atoms. The molecule has 0 saturated heterocycles. The maximum absolute atomic E-state index is 11.6. The number of halogens is 1. The van der Waals surface area contributed by atoms with Gasteiger partial charge in [0.2, 0.25) is 0 Å². The largest absolute Gasteiger partial charge is 0.462 e. The first-order valence-electron chi connectivity index (χ1n) is 4.61. The van der Waals surface area contributed by atoms with Gasteiger partial charge in [0.15, 0.2) is 0 Å². The van der Waals surface area contributed by atoms with E-state index in [9.17, 15) is 9.59 Å². The van der Waals surface area contributed by atoms with Crippen molar-refractivity contribution in [2.24, 2.45) is 0 Å². The van der Waals surface area contributed by atoms with E-state index in [1.807, 2.05) is 0 Å². The van der Waals surface area contributed by atoms with E-state index in [-0.39, 0.29) is 17.2 Å². The number of thiophene rings is 1. The smallest absolute Gasteiger partial charge is 0.345 e. The number of nitrogens with one attached hydrogen (secondary N) is 1. The zero-order chi connectivity index (χ0) is 11.7. The summed E-state index contributed by atoms with van der Waals surface area (Å²) in [5.74, 6) is -0.691. The molecule has 0 bridgehead atoms. The Kier molecular flexibility index (Phi) is 2.98. The van der Waals surface area contributed by atoms with Gasteiger partial charge in [0.25, 0.3) is 5.56 Å². The second kappa shape index (κ2) is 4.27. The van der Waals surface area contributed by atoms with E-state index in [2.05, 4.69) is 4.98 Å². The Morgan fingerprint density at radius 1 is 1.62 bits per heavy atom. The van der Waals surface area contributed by atoms with E-state index >= 15 is 0 Å². The Morgan fingerprint density at radius 2 is 2.38 bits per heavy atom. The predicted octanol–water partition coefficient (Wildman–Crippen LogP) is 2.42. The van der Waals surface area contributed by atoms with Crippen molar-refractivity contribution in [1.29, 1.82) is 0 Å². The van der Waals surface area contributed by atoms with Gasteiger partial charge in [-0.1, -0.05) is 11.6 Å². The highest BCUT2D eigenvalue weighted by Crippen LogP contribution is 2.28. The summed E-state index contributed by atoms with van der Waals surface area (Å²) in [6.45, 7) is 1.88. The summed E-state index contributed by atoms with van der Waals surface area (Å²) in [5.41, 5.74) is -0.0131. The number of H-pyrrole nitrogens is 1. The molecular weight excluding hydrogens is 250 g/mol. The van der Waals surface area contributed by atoms with E-state index < -0.39 is 11.5 Å². The Morgan fingerprint density at radius 3 is 3.06 bits per heavy atom. The maximum atomic E-state index is 11.6. The van der Waals surface area contributed by atoms with Crippen LogP contribution < -0.4 is 5.56 Å². The van der Waals surface area contributed by atoms with Crippen LogP contribution in [0.4, 0.5) is 0 Å². The molecule has 2 heterocycles. The van der Waals surface area contributed by atoms with Gasteiger partial charge in [-0.05, 0) is 18.4 Å². The summed E-state index contributed by atoms with van der Waals surface area (Å²) in [6, 6.07) is 1.74. The highest BCUT2D eigenvalue weighted by Gasteiger charge is 2.19. The van der Waals surface area contributed by atoms with Crippen molar-refractivity contribution >= 4 is 39.1 Å². The third-order valence-electron chi connectivity index (χ3n) is 2.04. The molecule has 0 aliphatic heterocycles. The molecule has 0 saturated carbocycles. The van der Waals surface area contributed by atoms with Gasteiger partial charge in [0, 0.05) is 0 Å². The lowest BCUT2D eigenvalue weighted by molar-refractivity contribution is 0.0525. The molecule has 2 aromatic rings. The van der Waals surface area contributed by atoms with Gasteiger partial charge in [-0.25, -0.2) is 4.79 Å². The molecule has 0 fully saturated rings. The summed E-state index contributed by atoms with van der Waals surface area (Å²) >= 11 is 7.37. The van der Waals surface area contributed by atoms with Crippen molar-refractivity contribution in [3.8, 4) is 0 Å². The number of hydrogen-bond donors (Lipinski definition) is 1. The zero-order valence-corrected chi connectivity index (χ0v) is 9.95. The fourth-order valence-electron chi connectivity index (χ4n) is 1.36. The van der Waals surface area contributed by atoms with Crippen LogP contribution in [0, 0.1) is 0 Å². The first kappa shape index (κ1) is 11.2. The van der Waals surface area contributed by atoms with Crippen LogP contribution >= 0.6 is 22.9 Å². The van der Waals surface area contributed by atoms with Crippen LogP contribution in [-0.2, 0) is 4.74 Å². The Hall–Kier alpha value is -1.33. The number of fused-ring (bicyclic) bond motifs is 1. The highest BCUT2D eigenvalue weighted by molar-refractivity contribution is 7.17. The molecule has 1 N–H and O–H groups in total. The van der Waals surface area contributed by atoms with Crippen molar-refractivity contribution in [2.45, 2.75) is 6.92 Å². The average molecular weight is 258 g/mol. The van der Waals surface area contributed by atoms with Crippen LogP contribution in [0.1, 0.15) is 17.3 Å². The van der Waals surface area contributed by atoms with Crippen LogP contribution in [0.2, 0.25) is 5.02 Å². The summed E-state index contributed by atoms with van der Waals surface area (Å²) in [5, 5.41) is 1.95. The fourth-order valence-corrected chi connectivity index (χ4v) is 2.55. The Labute approximate surface area is 99.8 Å². The molecule has 6 heteroatoms. The standard InChI is InChI=1S/C10H8ClNO3S/c1-2-15-10(14)6-7(11)8-5(3-4-16-8)12-9(6)13/h3-4H,2H2,1H3,(H,12,13). The van der Waals surface area contributed by atoms with Crippen LogP contribution in [0.3, 0.4) is 0 Å². The van der Waals surface area contributed by atoms with Crippen molar-refractivity contribution in [2.75, 3.05) is 6.61 Å². The zero-order valence-electron chi connectivity index (χ0n) is 8.37. The summed E-state index contributed by atoms with van der Waals surface area (Å²) in [7, 11) is 0. The quantitative estimate of drug-likeness (QED) is 0.841. The van der Waals surface area contributed by atoms with E-state index in [1.54, 1.807) is 18.4 Å². The topological polar surface area (TPSA) is 59.2 Å². The fraction of sp³-hybridized carbons (Fsp3) is 0.200. The molecule has 0 radical (unpaired) electrons. The third-order valence-corrected chi connectivity index (χ3v) is 3.46. The Balaban J connectivity index is 2.68. The minimum atomic E-state index is -0.691. The van der Waals surface area contributed by atoms with E-state index in [0.717, 1.165) is 0 Å². The lowest BCUT2D eigenvalue weighted by Gasteiger charge is -2.03. The van der Waals surface area contributed by atoms with Crippen LogP contribution in [-0.4, -0.2) is 17.6 Å². The van der Waals surface area contributed by atoms with Gasteiger partial charge in [-0.3, -0.25) is 4.79 Å². The molecule has 0 unspecified atom stereocenters. The second-order valence-electron chi connectivity index (χ2n) is 3.03. The molecule has 0 aromatic carbocycles. The first-order chi connectivity index (χ1) is 7.65. The number of pyridine rings is 1. The second-order valence-corrected chi connectivity index (χ2v) is 4.32. The predicted molar refractivity (Wildman–Crippen MR) is 63.4 cm³/mol. The summed E-state index contributed by atoms with van der Waals surface area (Å²) < 4.78 is 5.46. The normalized spacial score (nSPS) is 10.6. The lowest BCUT2D eigenvalue weighted by Crippen LogP contribution is -2.20. The number of hydrogen-bond acceptors (Lipinski definition) is 4. The van der Waals surface area contributed by atoms with Crippen molar-refractivity contribution in [3.63, 3.8) is 0 Å². The number of aromatic nitrogens is 1. The third kappa shape index (κ3) is 1.72. The number of rotatable bonds is 2. The highest BCUT2D eigenvalue weighted by atomic mass is 35.5. The molecule has 0 aliphatic rings. The van der Waals surface area contributed by atoms with Crippen LogP contribution in [0.15, 0.2) is 16.2 Å². The molecule has 0 atom stereocenters. The monoisotopic (exact) mass is 257 g/mol. The maximum Gasteiger partial charge on any atom is 0.345 e. The van der Waals surface area contributed by atoms with Gasteiger partial charge >= 0.3 is 5.97 Å². The van der Waals surface area contributed by atoms with E-state index in [1.165, 1.54) is 11.3 Å². The van der Waals surface area contributed by atoms with Crippen LogP contribution in [0.25, 0.3) is 10.2 Å². The number of carbonyl (C=O) groups is 1. The minimum Gasteiger partial charge on any atom is -0.462 e. The number of esters is 1. The minimum absolute atomic E-state index is 0.126. The van der Waals surface area contributed by atoms with Crippen molar-refractivity contribution < 1.29 is 9.53 Å². The molecule has 2 aromatic heterocycles. The molecule has 84 valence electrons. The molecule has 16 heavy (non-hydrogen) atoms. The first-order valence-corrected chi connectivity index (χ1v) is 5.87. The van der Waals surface area contributed by atoms with Crippen molar-refractivity contribution in [1.82, 2.24) is 4.98 Å². The number of aromatic amines is 1. The molecule has 0 amide bonds. The summed E-state index contributed by atoms with van der Waals surface area (Å²) in [4.78, 5) is 25.7. The molecule has 4 nitrogen and oxygen atoms in total. The van der Waals surface area contributed by atoms with Gasteiger partial charge < -0.3 is 9.72 Å². The van der Waals surface area contributed by atoms with Crippen LogP contribution in [0.5, 0.6) is 0 Å². The van der Waals surface area contributed by atoms with Gasteiger partial charge in [-0.2, -0.15) is 0 Å². The van der Waals surface area contributed by atoms with E-state index in [4.69, 9.17) is 16.3 Å². The average Bonchev–Trinajstić information content (AvgIpc) is 2.66. The number of carbonyl (C=O) groups excluding carboxylic acids is 1. The molecule has 2 rings (SSSR count). The lowest BCUT2D eigenvalue weighted by atomic mass is 10.2.